The second-order valence-electron chi connectivity index (χ2n) is 5.57. The van der Waals surface area contributed by atoms with Gasteiger partial charge in [0.15, 0.2) is 0 Å². The Morgan fingerprint density at radius 1 is 1.12 bits per heavy atom. The molecular formula is C14H22N2O. The minimum atomic E-state index is 0.223. The van der Waals surface area contributed by atoms with Crippen molar-refractivity contribution in [3.8, 4) is 6.07 Å². The van der Waals surface area contributed by atoms with Crippen LogP contribution in [0.4, 0.5) is 0 Å². The molecule has 0 aromatic heterocycles. The first-order chi connectivity index (χ1) is 8.22. The van der Waals surface area contributed by atoms with E-state index < -0.39 is 0 Å². The van der Waals surface area contributed by atoms with E-state index in [0.29, 0.717) is 11.9 Å². The Kier molecular flexibility index (Phi) is 4.04. The van der Waals surface area contributed by atoms with Gasteiger partial charge in [0, 0.05) is 24.9 Å². The van der Waals surface area contributed by atoms with Gasteiger partial charge in [-0.3, -0.25) is 4.79 Å². The molecule has 0 spiro atoms. The molecule has 94 valence electrons. The molecule has 0 bridgehead atoms. The number of carbonyl (C=O) groups is 1. The topological polar surface area (TPSA) is 44.1 Å². The fourth-order valence-corrected chi connectivity index (χ4v) is 3.23. The summed E-state index contributed by atoms with van der Waals surface area (Å²) >= 11 is 0. The Bertz CT molecular complexity index is 307. The largest absolute Gasteiger partial charge is 0.343 e. The second kappa shape index (κ2) is 5.53. The SMILES string of the molecule is CN(C(=O)C1CCCC1)C1CCC(C#N)CC1. The van der Waals surface area contributed by atoms with E-state index in [2.05, 4.69) is 6.07 Å². The molecule has 2 rings (SSSR count). The Morgan fingerprint density at radius 3 is 2.24 bits per heavy atom. The lowest BCUT2D eigenvalue weighted by molar-refractivity contribution is -0.136. The van der Waals surface area contributed by atoms with Crippen molar-refractivity contribution in [1.82, 2.24) is 4.90 Å². The van der Waals surface area contributed by atoms with Crippen LogP contribution < -0.4 is 0 Å². The molecule has 17 heavy (non-hydrogen) atoms. The van der Waals surface area contributed by atoms with Crippen molar-refractivity contribution in [2.75, 3.05) is 7.05 Å². The Morgan fingerprint density at radius 2 is 1.71 bits per heavy atom. The maximum absolute atomic E-state index is 12.3. The van der Waals surface area contributed by atoms with E-state index in [1.165, 1.54) is 12.8 Å². The van der Waals surface area contributed by atoms with E-state index in [1.54, 1.807) is 0 Å². The number of nitrogens with zero attached hydrogens (tertiary/aromatic N) is 2. The van der Waals surface area contributed by atoms with Gasteiger partial charge >= 0.3 is 0 Å². The molecule has 3 nitrogen and oxygen atoms in total. The molecule has 0 aliphatic heterocycles. The zero-order valence-corrected chi connectivity index (χ0v) is 10.7. The predicted octanol–water partition coefficient (Wildman–Crippen LogP) is 2.72. The molecule has 0 heterocycles. The number of hydrogen-bond donors (Lipinski definition) is 0. The number of nitriles is 1. The zero-order chi connectivity index (χ0) is 12.3. The smallest absolute Gasteiger partial charge is 0.225 e. The molecule has 0 atom stereocenters. The number of hydrogen-bond acceptors (Lipinski definition) is 2. The van der Waals surface area contributed by atoms with E-state index in [4.69, 9.17) is 5.26 Å². The molecule has 2 aliphatic carbocycles. The van der Waals surface area contributed by atoms with E-state index in [0.717, 1.165) is 38.5 Å². The van der Waals surface area contributed by atoms with Crippen molar-refractivity contribution in [3.63, 3.8) is 0 Å². The summed E-state index contributed by atoms with van der Waals surface area (Å²) in [6.45, 7) is 0. The molecule has 0 radical (unpaired) electrons. The van der Waals surface area contributed by atoms with Crippen LogP contribution in [0, 0.1) is 23.2 Å². The minimum absolute atomic E-state index is 0.223. The second-order valence-corrected chi connectivity index (χ2v) is 5.57. The molecule has 0 aromatic rings. The Hall–Kier alpha value is -1.04. The molecular weight excluding hydrogens is 212 g/mol. The Balaban J connectivity index is 1.85. The van der Waals surface area contributed by atoms with Crippen molar-refractivity contribution in [2.45, 2.75) is 57.4 Å². The van der Waals surface area contributed by atoms with Crippen LogP contribution in [0.3, 0.4) is 0 Å². The summed E-state index contributed by atoms with van der Waals surface area (Å²) in [7, 11) is 1.96. The first kappa shape index (κ1) is 12.4. The van der Waals surface area contributed by atoms with Crippen LogP contribution in [0.15, 0.2) is 0 Å². The third-order valence-electron chi connectivity index (χ3n) is 4.48. The van der Waals surface area contributed by atoms with E-state index in [-0.39, 0.29) is 11.8 Å². The van der Waals surface area contributed by atoms with Crippen LogP contribution in [-0.2, 0) is 4.79 Å². The first-order valence-corrected chi connectivity index (χ1v) is 6.88. The highest BCUT2D eigenvalue weighted by molar-refractivity contribution is 5.79. The third kappa shape index (κ3) is 2.80. The highest BCUT2D eigenvalue weighted by atomic mass is 16.2. The molecule has 2 aliphatic rings. The summed E-state index contributed by atoms with van der Waals surface area (Å²) in [6, 6.07) is 2.73. The lowest BCUT2D eigenvalue weighted by Crippen LogP contribution is -2.42. The minimum Gasteiger partial charge on any atom is -0.343 e. The van der Waals surface area contributed by atoms with Crippen LogP contribution in [-0.4, -0.2) is 23.9 Å². The molecule has 0 saturated heterocycles. The molecule has 0 N–H and O–H groups in total. The van der Waals surface area contributed by atoms with E-state index in [1.807, 2.05) is 11.9 Å². The molecule has 0 aromatic carbocycles. The number of rotatable bonds is 2. The normalized spacial score (nSPS) is 29.9. The fourth-order valence-electron chi connectivity index (χ4n) is 3.23. The average molecular weight is 234 g/mol. The van der Waals surface area contributed by atoms with Crippen LogP contribution >= 0.6 is 0 Å². The first-order valence-electron chi connectivity index (χ1n) is 6.88. The summed E-state index contributed by atoms with van der Waals surface area (Å²) in [5, 5.41) is 8.87. The molecule has 3 heteroatoms. The van der Waals surface area contributed by atoms with Gasteiger partial charge < -0.3 is 4.90 Å². The van der Waals surface area contributed by atoms with Crippen LogP contribution in [0.5, 0.6) is 0 Å². The standard InChI is InChI=1S/C14H22N2O/c1-16(14(17)12-4-2-3-5-12)13-8-6-11(10-15)7-9-13/h11-13H,2-9H2,1H3. The van der Waals surface area contributed by atoms with Crippen molar-refractivity contribution < 1.29 is 4.79 Å². The summed E-state index contributed by atoms with van der Waals surface area (Å²) in [5.41, 5.74) is 0. The summed E-state index contributed by atoms with van der Waals surface area (Å²) in [4.78, 5) is 14.2. The molecule has 2 fully saturated rings. The van der Waals surface area contributed by atoms with Gasteiger partial charge in [0.2, 0.25) is 5.91 Å². The van der Waals surface area contributed by atoms with Crippen LogP contribution in [0.2, 0.25) is 0 Å². The van der Waals surface area contributed by atoms with Gasteiger partial charge in [-0.2, -0.15) is 5.26 Å². The quantitative estimate of drug-likeness (QED) is 0.737. The molecule has 2 saturated carbocycles. The van der Waals surface area contributed by atoms with Gasteiger partial charge in [0.1, 0.15) is 0 Å². The predicted molar refractivity (Wildman–Crippen MR) is 66.1 cm³/mol. The number of carbonyl (C=O) groups excluding carboxylic acids is 1. The van der Waals surface area contributed by atoms with Crippen LogP contribution in [0.25, 0.3) is 0 Å². The fraction of sp³-hybridized carbons (Fsp3) is 0.857. The van der Waals surface area contributed by atoms with Crippen molar-refractivity contribution in [2.24, 2.45) is 11.8 Å². The highest BCUT2D eigenvalue weighted by Crippen LogP contribution is 2.30. The Labute approximate surface area is 104 Å². The van der Waals surface area contributed by atoms with Gasteiger partial charge in [0.25, 0.3) is 0 Å². The van der Waals surface area contributed by atoms with E-state index in [9.17, 15) is 4.79 Å². The zero-order valence-electron chi connectivity index (χ0n) is 10.7. The van der Waals surface area contributed by atoms with Gasteiger partial charge in [-0.25, -0.2) is 0 Å². The van der Waals surface area contributed by atoms with E-state index >= 15 is 0 Å². The van der Waals surface area contributed by atoms with Gasteiger partial charge in [0.05, 0.1) is 6.07 Å². The maximum atomic E-state index is 12.3. The highest BCUT2D eigenvalue weighted by Gasteiger charge is 2.31. The van der Waals surface area contributed by atoms with Crippen molar-refractivity contribution >= 4 is 5.91 Å². The summed E-state index contributed by atoms with van der Waals surface area (Å²) in [6.07, 6.45) is 8.53. The number of amides is 1. The summed E-state index contributed by atoms with van der Waals surface area (Å²) < 4.78 is 0. The van der Waals surface area contributed by atoms with Crippen LogP contribution in [0.1, 0.15) is 51.4 Å². The van der Waals surface area contributed by atoms with Gasteiger partial charge in [-0.1, -0.05) is 12.8 Å². The molecule has 1 amide bonds. The lowest BCUT2D eigenvalue weighted by atomic mass is 9.86. The van der Waals surface area contributed by atoms with Gasteiger partial charge in [-0.05, 0) is 38.5 Å². The van der Waals surface area contributed by atoms with Crippen molar-refractivity contribution in [1.29, 1.82) is 5.26 Å². The molecule has 0 unspecified atom stereocenters. The maximum Gasteiger partial charge on any atom is 0.225 e. The monoisotopic (exact) mass is 234 g/mol. The summed E-state index contributed by atoms with van der Waals surface area (Å²) in [5.74, 6) is 0.859. The van der Waals surface area contributed by atoms with Gasteiger partial charge in [-0.15, -0.1) is 0 Å². The van der Waals surface area contributed by atoms with Crippen molar-refractivity contribution in [3.05, 3.63) is 0 Å². The third-order valence-corrected chi connectivity index (χ3v) is 4.48. The lowest BCUT2D eigenvalue weighted by Gasteiger charge is -2.34. The average Bonchev–Trinajstić information content (AvgIpc) is 2.91.